The van der Waals surface area contributed by atoms with E-state index in [4.69, 9.17) is 15.3 Å². The summed E-state index contributed by atoms with van der Waals surface area (Å²) in [6.45, 7) is -0.134. The first-order chi connectivity index (χ1) is 5.16. The van der Waals surface area contributed by atoms with Crippen molar-refractivity contribution >= 4 is 0 Å². The molecule has 0 aromatic carbocycles. The van der Waals surface area contributed by atoms with Crippen LogP contribution in [0, 0.1) is 5.92 Å². The molecule has 1 rings (SSSR count). The molecule has 12 heavy (non-hydrogen) atoms. The molecular formula is C7H17NO4. The summed E-state index contributed by atoms with van der Waals surface area (Å²) < 4.78 is 0. The standard InChI is InChI=1S/C7H14O4.H3N/c8-3-4-1-2-5(9)7(11)6(4)10;/h4-11H,1-3H2;1H3/t4-,5+,6-,7-;/m1./s1. The molecule has 0 saturated heterocycles. The van der Waals surface area contributed by atoms with E-state index in [0.717, 1.165) is 0 Å². The Kier molecular flexibility index (Phi) is 4.66. The van der Waals surface area contributed by atoms with Gasteiger partial charge < -0.3 is 26.6 Å². The van der Waals surface area contributed by atoms with Crippen molar-refractivity contribution in [3.63, 3.8) is 0 Å². The van der Waals surface area contributed by atoms with Crippen LogP contribution in [0.3, 0.4) is 0 Å². The van der Waals surface area contributed by atoms with E-state index in [1.165, 1.54) is 0 Å². The second kappa shape index (κ2) is 4.74. The summed E-state index contributed by atoms with van der Waals surface area (Å²) in [7, 11) is 0. The molecule has 5 nitrogen and oxygen atoms in total. The van der Waals surface area contributed by atoms with E-state index in [2.05, 4.69) is 0 Å². The first kappa shape index (κ1) is 11.8. The highest BCUT2D eigenvalue weighted by Crippen LogP contribution is 2.24. The Morgan fingerprint density at radius 1 is 1.00 bits per heavy atom. The molecule has 0 radical (unpaired) electrons. The van der Waals surface area contributed by atoms with Gasteiger partial charge in [-0.15, -0.1) is 0 Å². The minimum absolute atomic E-state index is 0. The predicted molar refractivity (Wildman–Crippen MR) is 42.9 cm³/mol. The fourth-order valence-electron chi connectivity index (χ4n) is 1.43. The molecule has 1 aliphatic carbocycles. The fourth-order valence-corrected chi connectivity index (χ4v) is 1.43. The van der Waals surface area contributed by atoms with Gasteiger partial charge in [-0.1, -0.05) is 0 Å². The lowest BCUT2D eigenvalue weighted by atomic mass is 9.83. The summed E-state index contributed by atoms with van der Waals surface area (Å²) in [6.07, 6.45) is -1.91. The zero-order valence-electron chi connectivity index (χ0n) is 6.93. The van der Waals surface area contributed by atoms with Crippen molar-refractivity contribution in [1.29, 1.82) is 0 Å². The number of hydrogen-bond acceptors (Lipinski definition) is 5. The van der Waals surface area contributed by atoms with Crippen LogP contribution in [0.5, 0.6) is 0 Å². The van der Waals surface area contributed by atoms with Gasteiger partial charge >= 0.3 is 0 Å². The van der Waals surface area contributed by atoms with Crippen molar-refractivity contribution in [1.82, 2.24) is 6.15 Å². The second-order valence-corrected chi connectivity index (χ2v) is 3.07. The Labute approximate surface area is 71.2 Å². The first-order valence-corrected chi connectivity index (χ1v) is 3.82. The zero-order valence-corrected chi connectivity index (χ0v) is 6.93. The van der Waals surface area contributed by atoms with Gasteiger partial charge in [0.1, 0.15) is 6.10 Å². The molecule has 1 aliphatic rings. The van der Waals surface area contributed by atoms with Gasteiger partial charge in [0.15, 0.2) is 0 Å². The maximum Gasteiger partial charge on any atom is 0.106 e. The third-order valence-corrected chi connectivity index (χ3v) is 2.29. The van der Waals surface area contributed by atoms with Crippen molar-refractivity contribution in [3.05, 3.63) is 0 Å². The van der Waals surface area contributed by atoms with E-state index in [-0.39, 0.29) is 18.7 Å². The van der Waals surface area contributed by atoms with Crippen molar-refractivity contribution in [2.45, 2.75) is 31.2 Å². The van der Waals surface area contributed by atoms with Crippen LogP contribution >= 0.6 is 0 Å². The minimum atomic E-state index is -1.10. The smallest absolute Gasteiger partial charge is 0.106 e. The third kappa shape index (κ3) is 2.15. The first-order valence-electron chi connectivity index (χ1n) is 3.82. The van der Waals surface area contributed by atoms with Crippen LogP contribution in [-0.2, 0) is 0 Å². The fraction of sp³-hybridized carbons (Fsp3) is 1.00. The highest BCUT2D eigenvalue weighted by Gasteiger charge is 2.35. The Hall–Kier alpha value is -0.200. The summed E-state index contributed by atoms with van der Waals surface area (Å²) in [5.41, 5.74) is 0. The van der Waals surface area contributed by atoms with E-state index in [1.807, 2.05) is 0 Å². The molecule has 1 saturated carbocycles. The SMILES string of the molecule is N.OC[C@H]1CC[C@H](O)[C@@H](O)[C@@H]1O. The van der Waals surface area contributed by atoms with Crippen LogP contribution < -0.4 is 6.15 Å². The monoisotopic (exact) mass is 179 g/mol. The summed E-state index contributed by atoms with van der Waals surface area (Å²) in [5.74, 6) is -0.284. The lowest BCUT2D eigenvalue weighted by Gasteiger charge is -2.33. The van der Waals surface area contributed by atoms with Crippen molar-refractivity contribution < 1.29 is 20.4 Å². The molecule has 0 spiro atoms. The summed E-state index contributed by atoms with van der Waals surface area (Å²) in [6, 6.07) is 0. The van der Waals surface area contributed by atoms with E-state index in [9.17, 15) is 5.11 Å². The maximum absolute atomic E-state index is 9.24. The van der Waals surface area contributed by atoms with Gasteiger partial charge in [0.2, 0.25) is 0 Å². The molecule has 1 fully saturated rings. The molecule has 0 bridgehead atoms. The Bertz CT molecular complexity index is 131. The molecule has 0 aliphatic heterocycles. The summed E-state index contributed by atoms with van der Waals surface area (Å²) in [5, 5.41) is 36.2. The van der Waals surface area contributed by atoms with Crippen molar-refractivity contribution in [2.24, 2.45) is 5.92 Å². The maximum atomic E-state index is 9.24. The number of rotatable bonds is 1. The molecular weight excluding hydrogens is 162 g/mol. The Morgan fingerprint density at radius 3 is 2.08 bits per heavy atom. The number of aliphatic hydroxyl groups is 4. The minimum Gasteiger partial charge on any atom is -0.396 e. The van der Waals surface area contributed by atoms with E-state index >= 15 is 0 Å². The van der Waals surface area contributed by atoms with E-state index in [0.29, 0.717) is 12.8 Å². The molecule has 0 aromatic heterocycles. The topological polar surface area (TPSA) is 116 Å². The average Bonchev–Trinajstić information content (AvgIpc) is 2.01. The lowest BCUT2D eigenvalue weighted by Crippen LogP contribution is -2.47. The van der Waals surface area contributed by atoms with Gasteiger partial charge in [-0.3, -0.25) is 0 Å². The van der Waals surface area contributed by atoms with Crippen molar-refractivity contribution in [3.8, 4) is 0 Å². The largest absolute Gasteiger partial charge is 0.396 e. The summed E-state index contributed by atoms with van der Waals surface area (Å²) in [4.78, 5) is 0. The van der Waals surface area contributed by atoms with Crippen molar-refractivity contribution in [2.75, 3.05) is 6.61 Å². The highest BCUT2D eigenvalue weighted by molar-refractivity contribution is 4.86. The zero-order chi connectivity index (χ0) is 8.43. The molecule has 0 unspecified atom stereocenters. The van der Waals surface area contributed by atoms with E-state index < -0.39 is 18.3 Å². The second-order valence-electron chi connectivity index (χ2n) is 3.07. The molecule has 7 N–H and O–H groups in total. The van der Waals surface area contributed by atoms with Gasteiger partial charge in [0.25, 0.3) is 0 Å². The van der Waals surface area contributed by atoms with Crippen LogP contribution in [0.1, 0.15) is 12.8 Å². The van der Waals surface area contributed by atoms with Crippen LogP contribution in [0.4, 0.5) is 0 Å². The van der Waals surface area contributed by atoms with Gasteiger partial charge in [0.05, 0.1) is 12.2 Å². The Morgan fingerprint density at radius 2 is 1.58 bits per heavy atom. The molecule has 0 amide bonds. The molecule has 4 atom stereocenters. The van der Waals surface area contributed by atoms with Gasteiger partial charge in [-0.2, -0.15) is 0 Å². The molecule has 0 heterocycles. The normalized spacial score (nSPS) is 42.0. The molecule has 0 aromatic rings. The van der Waals surface area contributed by atoms with Crippen LogP contribution in [0.25, 0.3) is 0 Å². The van der Waals surface area contributed by atoms with E-state index in [1.54, 1.807) is 0 Å². The quantitative estimate of drug-likeness (QED) is 0.340. The summed E-state index contributed by atoms with van der Waals surface area (Å²) >= 11 is 0. The third-order valence-electron chi connectivity index (χ3n) is 2.29. The molecule has 5 heteroatoms. The molecule has 74 valence electrons. The van der Waals surface area contributed by atoms with Gasteiger partial charge in [-0.05, 0) is 12.8 Å². The number of hydrogen-bond donors (Lipinski definition) is 5. The van der Waals surface area contributed by atoms with Crippen LogP contribution in [0.15, 0.2) is 0 Å². The van der Waals surface area contributed by atoms with Gasteiger partial charge in [0, 0.05) is 12.5 Å². The predicted octanol–water partition coefficient (Wildman–Crippen LogP) is -1.37. The van der Waals surface area contributed by atoms with Crippen LogP contribution in [-0.4, -0.2) is 45.3 Å². The average molecular weight is 179 g/mol. The van der Waals surface area contributed by atoms with Crippen LogP contribution in [0.2, 0.25) is 0 Å². The number of aliphatic hydroxyl groups excluding tert-OH is 4. The highest BCUT2D eigenvalue weighted by atomic mass is 16.4. The van der Waals surface area contributed by atoms with Gasteiger partial charge in [-0.25, -0.2) is 0 Å². The Balaban J connectivity index is 0.00000121. The lowest BCUT2D eigenvalue weighted by molar-refractivity contribution is -0.118.